The van der Waals surface area contributed by atoms with Crippen LogP contribution in [0.3, 0.4) is 0 Å². The van der Waals surface area contributed by atoms with E-state index in [1.54, 1.807) is 0 Å². The van der Waals surface area contributed by atoms with E-state index in [1.165, 1.54) is 6.33 Å². The molecule has 0 saturated carbocycles. The van der Waals surface area contributed by atoms with E-state index in [0.717, 1.165) is 12.8 Å². The normalized spacial score (nSPS) is 11.2. The molecule has 1 aromatic heterocycles. The second-order valence-electron chi connectivity index (χ2n) is 5.47. The summed E-state index contributed by atoms with van der Waals surface area (Å²) in [6.07, 6.45) is 3.18. The molecule has 0 aliphatic heterocycles. The van der Waals surface area contributed by atoms with E-state index in [1.807, 2.05) is 6.92 Å². The molecule has 1 rings (SSSR count). The zero-order valence-electron chi connectivity index (χ0n) is 12.6. The molecule has 7 heteroatoms. The van der Waals surface area contributed by atoms with E-state index in [-0.39, 0.29) is 22.7 Å². The van der Waals surface area contributed by atoms with Crippen LogP contribution in [0.4, 0.5) is 17.3 Å². The number of anilines is 2. The SMILES string of the molecule is CCCNc1ncnc(NCC(C)(C)CC)c1[N+](=O)[O-]. The highest BCUT2D eigenvalue weighted by atomic mass is 16.6. The fourth-order valence-electron chi connectivity index (χ4n) is 1.50. The van der Waals surface area contributed by atoms with Gasteiger partial charge in [-0.05, 0) is 18.3 Å². The largest absolute Gasteiger partial charge is 0.364 e. The molecular formula is C13H23N5O2. The molecule has 0 bridgehead atoms. The van der Waals surface area contributed by atoms with E-state index < -0.39 is 4.92 Å². The van der Waals surface area contributed by atoms with Gasteiger partial charge in [0.15, 0.2) is 0 Å². The lowest BCUT2D eigenvalue weighted by molar-refractivity contribution is -0.383. The van der Waals surface area contributed by atoms with Crippen molar-refractivity contribution in [1.29, 1.82) is 0 Å². The zero-order chi connectivity index (χ0) is 15.2. The maximum absolute atomic E-state index is 11.2. The lowest BCUT2D eigenvalue weighted by Crippen LogP contribution is -2.23. The van der Waals surface area contributed by atoms with Crippen molar-refractivity contribution < 1.29 is 4.92 Å². The smallest absolute Gasteiger partial charge is 0.353 e. The number of nitro groups is 1. The average molecular weight is 281 g/mol. The zero-order valence-corrected chi connectivity index (χ0v) is 12.6. The van der Waals surface area contributed by atoms with Crippen LogP contribution in [0.1, 0.15) is 40.5 Å². The summed E-state index contributed by atoms with van der Waals surface area (Å²) in [7, 11) is 0. The number of nitrogens with one attached hydrogen (secondary N) is 2. The predicted molar refractivity (Wildman–Crippen MR) is 80.0 cm³/mol. The average Bonchev–Trinajstić information content (AvgIpc) is 2.42. The third-order valence-corrected chi connectivity index (χ3v) is 3.24. The minimum absolute atomic E-state index is 0.0514. The molecule has 0 aliphatic rings. The Bertz CT molecular complexity index is 462. The molecule has 0 unspecified atom stereocenters. The van der Waals surface area contributed by atoms with Crippen molar-refractivity contribution >= 4 is 17.3 Å². The fraction of sp³-hybridized carbons (Fsp3) is 0.692. The second-order valence-corrected chi connectivity index (χ2v) is 5.47. The number of nitrogens with zero attached hydrogens (tertiary/aromatic N) is 3. The molecule has 0 aromatic carbocycles. The molecule has 7 nitrogen and oxygen atoms in total. The summed E-state index contributed by atoms with van der Waals surface area (Å²) in [4.78, 5) is 18.8. The van der Waals surface area contributed by atoms with Gasteiger partial charge in [0.05, 0.1) is 4.92 Å². The number of hydrogen-bond donors (Lipinski definition) is 2. The molecule has 0 aliphatic carbocycles. The number of rotatable bonds is 8. The van der Waals surface area contributed by atoms with Crippen LogP contribution < -0.4 is 10.6 Å². The molecule has 0 atom stereocenters. The van der Waals surface area contributed by atoms with Crippen LogP contribution >= 0.6 is 0 Å². The monoisotopic (exact) mass is 281 g/mol. The van der Waals surface area contributed by atoms with Crippen molar-refractivity contribution in [2.45, 2.75) is 40.5 Å². The summed E-state index contributed by atoms with van der Waals surface area (Å²) in [6, 6.07) is 0. The lowest BCUT2D eigenvalue weighted by Gasteiger charge is -2.23. The third-order valence-electron chi connectivity index (χ3n) is 3.24. The second kappa shape index (κ2) is 7.02. The van der Waals surface area contributed by atoms with Gasteiger partial charge in [-0.15, -0.1) is 0 Å². The van der Waals surface area contributed by atoms with Crippen molar-refractivity contribution in [3.63, 3.8) is 0 Å². The molecule has 0 spiro atoms. The first kappa shape index (κ1) is 16.1. The van der Waals surface area contributed by atoms with Crippen molar-refractivity contribution in [2.24, 2.45) is 5.41 Å². The fourth-order valence-corrected chi connectivity index (χ4v) is 1.50. The van der Waals surface area contributed by atoms with Gasteiger partial charge < -0.3 is 10.6 Å². The summed E-state index contributed by atoms with van der Waals surface area (Å²) < 4.78 is 0. The molecule has 1 heterocycles. The summed E-state index contributed by atoms with van der Waals surface area (Å²) in [5.41, 5.74) is -0.0385. The Morgan fingerprint density at radius 1 is 1.25 bits per heavy atom. The van der Waals surface area contributed by atoms with Crippen LogP contribution in [0.2, 0.25) is 0 Å². The molecule has 2 N–H and O–H groups in total. The van der Waals surface area contributed by atoms with Gasteiger partial charge in [0, 0.05) is 13.1 Å². The molecule has 0 fully saturated rings. The Kier molecular flexibility index (Phi) is 5.66. The van der Waals surface area contributed by atoms with Crippen LogP contribution in [0.15, 0.2) is 6.33 Å². The first-order valence-electron chi connectivity index (χ1n) is 6.88. The molecule has 112 valence electrons. The van der Waals surface area contributed by atoms with Crippen molar-refractivity contribution in [3.8, 4) is 0 Å². The molecule has 1 aromatic rings. The molecule has 0 radical (unpaired) electrons. The van der Waals surface area contributed by atoms with Gasteiger partial charge in [0.2, 0.25) is 11.6 Å². The van der Waals surface area contributed by atoms with Crippen molar-refractivity contribution in [3.05, 3.63) is 16.4 Å². The van der Waals surface area contributed by atoms with Gasteiger partial charge in [0.1, 0.15) is 6.33 Å². The lowest BCUT2D eigenvalue weighted by atomic mass is 9.90. The van der Waals surface area contributed by atoms with E-state index in [9.17, 15) is 10.1 Å². The van der Waals surface area contributed by atoms with Crippen LogP contribution in [0.25, 0.3) is 0 Å². The highest BCUT2D eigenvalue weighted by Gasteiger charge is 2.24. The van der Waals surface area contributed by atoms with Crippen molar-refractivity contribution in [1.82, 2.24) is 9.97 Å². The Labute approximate surface area is 119 Å². The summed E-state index contributed by atoms with van der Waals surface area (Å²) >= 11 is 0. The van der Waals surface area contributed by atoms with Crippen LogP contribution in [-0.4, -0.2) is 28.0 Å². The van der Waals surface area contributed by atoms with Crippen molar-refractivity contribution in [2.75, 3.05) is 23.7 Å². The van der Waals surface area contributed by atoms with Gasteiger partial charge in [-0.25, -0.2) is 9.97 Å². The quantitative estimate of drug-likeness (QED) is 0.562. The van der Waals surface area contributed by atoms with Gasteiger partial charge in [-0.1, -0.05) is 27.7 Å². The van der Waals surface area contributed by atoms with E-state index in [2.05, 4.69) is 41.4 Å². The topological polar surface area (TPSA) is 93.0 Å². The maximum Gasteiger partial charge on any atom is 0.353 e. The van der Waals surface area contributed by atoms with Crippen LogP contribution in [0.5, 0.6) is 0 Å². The third kappa shape index (κ3) is 4.32. The standard InChI is InChI=1S/C13H23N5O2/c1-5-7-14-11-10(18(19)20)12(17-9-16-11)15-8-13(3,4)6-2/h9H,5-8H2,1-4H3,(H2,14,15,16,17). The Morgan fingerprint density at radius 3 is 2.35 bits per heavy atom. The first-order chi connectivity index (χ1) is 9.41. The van der Waals surface area contributed by atoms with Gasteiger partial charge in [-0.2, -0.15) is 0 Å². The summed E-state index contributed by atoms with van der Waals surface area (Å²) in [5, 5.41) is 17.3. The minimum atomic E-state index is -0.445. The molecule has 0 saturated heterocycles. The van der Waals surface area contributed by atoms with Gasteiger partial charge in [0.25, 0.3) is 0 Å². The highest BCUT2D eigenvalue weighted by Crippen LogP contribution is 2.30. The molecule has 0 amide bonds. The Hall–Kier alpha value is -1.92. The first-order valence-corrected chi connectivity index (χ1v) is 6.88. The van der Waals surface area contributed by atoms with E-state index >= 15 is 0 Å². The highest BCUT2D eigenvalue weighted by molar-refractivity contribution is 5.69. The Balaban J connectivity index is 2.97. The maximum atomic E-state index is 11.2. The minimum Gasteiger partial charge on any atom is -0.364 e. The van der Waals surface area contributed by atoms with Crippen LogP contribution in [0, 0.1) is 15.5 Å². The number of aromatic nitrogens is 2. The van der Waals surface area contributed by atoms with E-state index in [4.69, 9.17) is 0 Å². The summed E-state index contributed by atoms with van der Waals surface area (Å²) in [5.74, 6) is 0.536. The van der Waals surface area contributed by atoms with Gasteiger partial charge >= 0.3 is 5.69 Å². The van der Waals surface area contributed by atoms with Crippen LogP contribution in [-0.2, 0) is 0 Å². The molecule has 20 heavy (non-hydrogen) atoms. The predicted octanol–water partition coefficient (Wildman–Crippen LogP) is 3.05. The Morgan fingerprint density at radius 2 is 1.85 bits per heavy atom. The number of hydrogen-bond acceptors (Lipinski definition) is 6. The van der Waals surface area contributed by atoms with E-state index in [0.29, 0.717) is 13.1 Å². The van der Waals surface area contributed by atoms with Gasteiger partial charge in [-0.3, -0.25) is 10.1 Å². The summed E-state index contributed by atoms with van der Waals surface area (Å²) in [6.45, 7) is 9.53. The molecular weight excluding hydrogens is 258 g/mol.